The van der Waals surface area contributed by atoms with Crippen molar-refractivity contribution in [3.05, 3.63) is 25.3 Å². The summed E-state index contributed by atoms with van der Waals surface area (Å²) in [4.78, 5) is 18.5. The highest BCUT2D eigenvalue weighted by atomic mass is 16.4. The van der Waals surface area contributed by atoms with Crippen LogP contribution in [0.1, 0.15) is 13.8 Å². The average Bonchev–Trinajstić information content (AvgIpc) is 2.19. The third-order valence-electron chi connectivity index (χ3n) is 1.05. The highest BCUT2D eigenvalue weighted by Crippen LogP contribution is 1.85. The van der Waals surface area contributed by atoms with Gasteiger partial charge in [0.2, 0.25) is 0 Å². The highest BCUT2D eigenvalue weighted by Gasteiger charge is 1.99. The SMILES string of the molecule is C=CC(=O)O.C=CC(=O)O.CC(O)C(C)O. The minimum Gasteiger partial charge on any atom is -0.478 e. The second kappa shape index (κ2) is 13.3. The van der Waals surface area contributed by atoms with Crippen LogP contribution in [0.25, 0.3) is 0 Å². The largest absolute Gasteiger partial charge is 0.478 e. The van der Waals surface area contributed by atoms with E-state index in [0.717, 1.165) is 12.2 Å². The standard InChI is InChI=1S/C4H10O2.2C3H4O2/c1-3(5)4(2)6;2*1-2-3(4)5/h3-6H,1-2H3;2*2H,1H2,(H,4,5). The van der Waals surface area contributed by atoms with E-state index in [4.69, 9.17) is 20.4 Å². The van der Waals surface area contributed by atoms with Crippen molar-refractivity contribution in [3.8, 4) is 0 Å². The summed E-state index contributed by atoms with van der Waals surface area (Å²) >= 11 is 0. The van der Waals surface area contributed by atoms with Crippen LogP contribution in [0.5, 0.6) is 0 Å². The van der Waals surface area contributed by atoms with E-state index in [-0.39, 0.29) is 0 Å². The molecule has 0 spiro atoms. The molecule has 0 aromatic carbocycles. The van der Waals surface area contributed by atoms with Crippen molar-refractivity contribution in [2.75, 3.05) is 0 Å². The molecule has 0 amide bonds. The molecule has 0 saturated carbocycles. The van der Waals surface area contributed by atoms with Crippen LogP contribution >= 0.6 is 0 Å². The summed E-state index contributed by atoms with van der Waals surface area (Å²) in [5.74, 6) is -1.96. The molecule has 0 fully saturated rings. The zero-order chi connectivity index (χ0) is 13.7. The Balaban J connectivity index is -0.000000160. The molecular weight excluding hydrogens is 216 g/mol. The first-order chi connectivity index (χ1) is 7.18. The Hall–Kier alpha value is -1.66. The second-order valence-corrected chi connectivity index (χ2v) is 2.57. The number of aliphatic hydroxyl groups is 2. The molecule has 0 aliphatic rings. The van der Waals surface area contributed by atoms with Crippen LogP contribution in [0, 0.1) is 0 Å². The predicted molar refractivity (Wildman–Crippen MR) is 59.0 cm³/mol. The summed E-state index contributed by atoms with van der Waals surface area (Å²) < 4.78 is 0. The fourth-order valence-electron chi connectivity index (χ4n) is 0. The van der Waals surface area contributed by atoms with Gasteiger partial charge in [-0.25, -0.2) is 9.59 Å². The lowest BCUT2D eigenvalue weighted by molar-refractivity contribution is -0.132. The van der Waals surface area contributed by atoms with E-state index < -0.39 is 24.1 Å². The third-order valence-corrected chi connectivity index (χ3v) is 1.05. The maximum absolute atomic E-state index is 9.25. The predicted octanol–water partition coefficient (Wildman–Crippen LogP) is 0.262. The van der Waals surface area contributed by atoms with E-state index in [1.54, 1.807) is 13.8 Å². The molecule has 0 aromatic heterocycles. The van der Waals surface area contributed by atoms with Gasteiger partial charge in [0.05, 0.1) is 12.2 Å². The molecule has 2 atom stereocenters. The normalized spacial score (nSPS) is 11.5. The lowest BCUT2D eigenvalue weighted by atomic mass is 10.3. The number of aliphatic carboxylic acids is 2. The summed E-state index contributed by atoms with van der Waals surface area (Å²) in [7, 11) is 0. The van der Waals surface area contributed by atoms with Gasteiger partial charge in [-0.2, -0.15) is 0 Å². The number of carboxylic acids is 2. The van der Waals surface area contributed by atoms with Crippen molar-refractivity contribution in [1.82, 2.24) is 0 Å². The fourth-order valence-corrected chi connectivity index (χ4v) is 0. The van der Waals surface area contributed by atoms with E-state index in [0.29, 0.717) is 0 Å². The van der Waals surface area contributed by atoms with E-state index in [1.165, 1.54) is 0 Å². The molecule has 0 heterocycles. The van der Waals surface area contributed by atoms with Crippen molar-refractivity contribution < 1.29 is 30.0 Å². The van der Waals surface area contributed by atoms with Crippen LogP contribution in [0.15, 0.2) is 25.3 Å². The molecule has 0 bridgehead atoms. The number of aliphatic hydroxyl groups excluding tert-OH is 2. The quantitative estimate of drug-likeness (QED) is 0.521. The van der Waals surface area contributed by atoms with Gasteiger partial charge in [0.1, 0.15) is 0 Å². The lowest BCUT2D eigenvalue weighted by Crippen LogP contribution is -2.17. The molecule has 0 aliphatic carbocycles. The highest BCUT2D eigenvalue weighted by molar-refractivity contribution is 5.79. The minimum absolute atomic E-state index is 0.593. The number of hydrogen-bond acceptors (Lipinski definition) is 4. The molecule has 0 aromatic rings. The zero-order valence-electron chi connectivity index (χ0n) is 9.33. The Bertz CT molecular complexity index is 195. The van der Waals surface area contributed by atoms with Gasteiger partial charge in [0, 0.05) is 12.2 Å². The molecule has 0 aliphatic heterocycles. The van der Waals surface area contributed by atoms with Gasteiger partial charge >= 0.3 is 11.9 Å². The molecule has 2 unspecified atom stereocenters. The fraction of sp³-hybridized carbons (Fsp3) is 0.400. The van der Waals surface area contributed by atoms with E-state index >= 15 is 0 Å². The number of carbonyl (C=O) groups is 2. The van der Waals surface area contributed by atoms with Gasteiger partial charge in [-0.15, -0.1) is 0 Å². The van der Waals surface area contributed by atoms with Gasteiger partial charge in [-0.1, -0.05) is 13.2 Å². The molecule has 6 nitrogen and oxygen atoms in total. The van der Waals surface area contributed by atoms with Crippen molar-refractivity contribution >= 4 is 11.9 Å². The third kappa shape index (κ3) is 39.5. The van der Waals surface area contributed by atoms with E-state index in [9.17, 15) is 9.59 Å². The zero-order valence-corrected chi connectivity index (χ0v) is 9.33. The number of hydrogen-bond donors (Lipinski definition) is 4. The Morgan fingerprint density at radius 2 is 1.06 bits per heavy atom. The monoisotopic (exact) mass is 234 g/mol. The first-order valence-corrected chi connectivity index (χ1v) is 4.25. The number of rotatable bonds is 3. The summed E-state index contributed by atoms with van der Waals surface area (Å²) in [5.41, 5.74) is 0. The van der Waals surface area contributed by atoms with Crippen LogP contribution < -0.4 is 0 Å². The van der Waals surface area contributed by atoms with Crippen LogP contribution in [-0.2, 0) is 9.59 Å². The summed E-state index contributed by atoms with van der Waals surface area (Å²) in [6.45, 7) is 9.01. The Labute approximate surface area is 94.2 Å². The van der Waals surface area contributed by atoms with Crippen molar-refractivity contribution in [2.24, 2.45) is 0 Å². The van der Waals surface area contributed by atoms with Gasteiger partial charge in [-0.3, -0.25) is 0 Å². The average molecular weight is 234 g/mol. The van der Waals surface area contributed by atoms with Gasteiger partial charge in [0.15, 0.2) is 0 Å². The summed E-state index contributed by atoms with van der Waals surface area (Å²) in [6.07, 6.45) is 0.481. The molecule has 0 saturated heterocycles. The Morgan fingerprint density at radius 1 is 0.938 bits per heavy atom. The summed E-state index contributed by atoms with van der Waals surface area (Å²) in [5, 5.41) is 32.0. The van der Waals surface area contributed by atoms with E-state index in [1.807, 2.05) is 0 Å². The maximum Gasteiger partial charge on any atom is 0.327 e. The molecule has 4 N–H and O–H groups in total. The van der Waals surface area contributed by atoms with Crippen LogP contribution in [0.4, 0.5) is 0 Å². The lowest BCUT2D eigenvalue weighted by Gasteiger charge is -2.03. The van der Waals surface area contributed by atoms with Gasteiger partial charge in [0.25, 0.3) is 0 Å². The van der Waals surface area contributed by atoms with Crippen molar-refractivity contribution in [2.45, 2.75) is 26.1 Å². The van der Waals surface area contributed by atoms with E-state index in [2.05, 4.69) is 13.2 Å². The smallest absolute Gasteiger partial charge is 0.327 e. The molecular formula is C10H18O6. The molecule has 94 valence electrons. The van der Waals surface area contributed by atoms with Crippen molar-refractivity contribution in [3.63, 3.8) is 0 Å². The Morgan fingerprint density at radius 3 is 1.06 bits per heavy atom. The van der Waals surface area contributed by atoms with Crippen LogP contribution in [-0.4, -0.2) is 44.6 Å². The number of carboxylic acid groups (broad SMARTS) is 2. The van der Waals surface area contributed by atoms with Crippen molar-refractivity contribution in [1.29, 1.82) is 0 Å². The Kier molecular flexibility index (Phi) is 16.5. The molecule has 0 radical (unpaired) electrons. The van der Waals surface area contributed by atoms with Gasteiger partial charge in [-0.05, 0) is 13.8 Å². The summed E-state index contributed by atoms with van der Waals surface area (Å²) in [6, 6.07) is 0. The molecule has 0 rings (SSSR count). The molecule has 16 heavy (non-hydrogen) atoms. The van der Waals surface area contributed by atoms with Crippen LogP contribution in [0.2, 0.25) is 0 Å². The maximum atomic E-state index is 9.25. The second-order valence-electron chi connectivity index (χ2n) is 2.57. The topological polar surface area (TPSA) is 115 Å². The minimum atomic E-state index is -0.981. The first kappa shape index (κ1) is 19.8. The first-order valence-electron chi connectivity index (χ1n) is 4.25. The molecule has 6 heteroatoms. The van der Waals surface area contributed by atoms with Crippen LogP contribution in [0.3, 0.4) is 0 Å². The van der Waals surface area contributed by atoms with Gasteiger partial charge < -0.3 is 20.4 Å².